The highest BCUT2D eigenvalue weighted by Gasteiger charge is 2.15. The molecule has 17 heavy (non-hydrogen) atoms. The van der Waals surface area contributed by atoms with E-state index in [9.17, 15) is 0 Å². The van der Waals surface area contributed by atoms with Gasteiger partial charge in [0.05, 0.1) is 24.4 Å². The molecule has 0 saturated heterocycles. The molecule has 4 nitrogen and oxygen atoms in total. The fourth-order valence-electron chi connectivity index (χ4n) is 1.69. The van der Waals surface area contributed by atoms with Crippen molar-refractivity contribution in [3.8, 4) is 5.75 Å². The van der Waals surface area contributed by atoms with Gasteiger partial charge in [0.15, 0.2) is 0 Å². The van der Waals surface area contributed by atoms with Crippen LogP contribution >= 0.6 is 11.3 Å². The molecule has 0 aliphatic heterocycles. The van der Waals surface area contributed by atoms with Crippen LogP contribution in [-0.4, -0.2) is 24.1 Å². The van der Waals surface area contributed by atoms with Crippen LogP contribution in [0.4, 0.5) is 0 Å². The molecule has 0 radical (unpaired) electrons. The van der Waals surface area contributed by atoms with Crippen molar-refractivity contribution in [3.63, 3.8) is 0 Å². The van der Waals surface area contributed by atoms with E-state index >= 15 is 0 Å². The first-order valence-corrected chi connectivity index (χ1v) is 6.14. The first kappa shape index (κ1) is 12.0. The molecule has 0 aliphatic rings. The zero-order valence-corrected chi connectivity index (χ0v) is 10.9. The predicted molar refractivity (Wildman–Crippen MR) is 68.5 cm³/mol. The summed E-state index contributed by atoms with van der Waals surface area (Å²) in [5, 5.41) is 4.34. The Hall–Kier alpha value is -1.46. The highest BCUT2D eigenvalue weighted by atomic mass is 32.1. The van der Waals surface area contributed by atoms with E-state index in [2.05, 4.69) is 15.3 Å². The van der Waals surface area contributed by atoms with Gasteiger partial charge in [-0.1, -0.05) is 0 Å². The Bertz CT molecular complexity index is 498. The number of aromatic nitrogens is 2. The van der Waals surface area contributed by atoms with E-state index in [1.54, 1.807) is 24.6 Å². The molecule has 0 saturated carbocycles. The van der Waals surface area contributed by atoms with Crippen LogP contribution in [0.1, 0.15) is 21.5 Å². The number of aryl methyl sites for hydroxylation is 1. The minimum atomic E-state index is 0.115. The number of pyridine rings is 1. The molecule has 2 aromatic rings. The SMILES string of the molecule is CNC(c1cncc(OC)c1)c1cnc(C)s1. The van der Waals surface area contributed by atoms with Crippen molar-refractivity contribution < 1.29 is 4.74 Å². The van der Waals surface area contributed by atoms with Crippen LogP contribution in [0.3, 0.4) is 0 Å². The number of nitrogens with zero attached hydrogens (tertiary/aromatic N) is 2. The highest BCUT2D eigenvalue weighted by Crippen LogP contribution is 2.27. The average Bonchev–Trinajstić information content (AvgIpc) is 2.77. The Labute approximate surface area is 105 Å². The number of hydrogen-bond donors (Lipinski definition) is 1. The third kappa shape index (κ3) is 2.62. The third-order valence-electron chi connectivity index (χ3n) is 2.52. The van der Waals surface area contributed by atoms with Crippen molar-refractivity contribution in [1.82, 2.24) is 15.3 Å². The molecule has 90 valence electrons. The van der Waals surface area contributed by atoms with E-state index in [1.165, 1.54) is 4.88 Å². The van der Waals surface area contributed by atoms with E-state index in [0.29, 0.717) is 0 Å². The van der Waals surface area contributed by atoms with Crippen LogP contribution in [-0.2, 0) is 0 Å². The summed E-state index contributed by atoms with van der Waals surface area (Å²) in [4.78, 5) is 9.64. The Kier molecular flexibility index (Phi) is 3.71. The molecular formula is C12H15N3OS. The van der Waals surface area contributed by atoms with E-state index in [-0.39, 0.29) is 6.04 Å². The zero-order valence-electron chi connectivity index (χ0n) is 10.1. The smallest absolute Gasteiger partial charge is 0.137 e. The number of hydrogen-bond acceptors (Lipinski definition) is 5. The van der Waals surface area contributed by atoms with Gasteiger partial charge in [-0.3, -0.25) is 4.98 Å². The van der Waals surface area contributed by atoms with E-state index in [1.807, 2.05) is 32.4 Å². The Balaban J connectivity index is 2.34. The topological polar surface area (TPSA) is 47.0 Å². The minimum Gasteiger partial charge on any atom is -0.495 e. The van der Waals surface area contributed by atoms with Gasteiger partial charge in [-0.05, 0) is 25.6 Å². The summed E-state index contributed by atoms with van der Waals surface area (Å²) in [5.41, 5.74) is 1.08. The monoisotopic (exact) mass is 249 g/mol. The van der Waals surface area contributed by atoms with E-state index < -0.39 is 0 Å². The van der Waals surface area contributed by atoms with Crippen molar-refractivity contribution in [3.05, 3.63) is 40.1 Å². The van der Waals surface area contributed by atoms with Gasteiger partial charge < -0.3 is 10.1 Å². The summed E-state index contributed by atoms with van der Waals surface area (Å²) in [5.74, 6) is 0.768. The van der Waals surface area contributed by atoms with Gasteiger partial charge in [0, 0.05) is 17.3 Å². The standard InChI is InChI=1S/C12H15N3OS/c1-8-15-7-11(17-8)12(13-2)9-4-10(16-3)6-14-5-9/h4-7,12-13H,1-3H3. The second kappa shape index (κ2) is 5.25. The number of nitrogens with one attached hydrogen (secondary N) is 1. The van der Waals surface area contributed by atoms with Gasteiger partial charge in [0.2, 0.25) is 0 Å². The molecule has 0 bridgehead atoms. The van der Waals surface area contributed by atoms with E-state index in [0.717, 1.165) is 16.3 Å². The molecule has 0 amide bonds. The number of thiazole rings is 1. The van der Waals surface area contributed by atoms with Crippen LogP contribution in [0.5, 0.6) is 5.75 Å². The van der Waals surface area contributed by atoms with Crippen molar-refractivity contribution >= 4 is 11.3 Å². The summed E-state index contributed by atoms with van der Waals surface area (Å²) in [7, 11) is 3.57. The number of methoxy groups -OCH3 is 1. The maximum absolute atomic E-state index is 5.19. The summed E-state index contributed by atoms with van der Waals surface area (Å²) in [6.45, 7) is 2.00. The zero-order chi connectivity index (χ0) is 12.3. The fourth-order valence-corrected chi connectivity index (χ4v) is 2.61. The van der Waals surface area contributed by atoms with Crippen LogP contribution in [0.25, 0.3) is 0 Å². The fraction of sp³-hybridized carbons (Fsp3) is 0.333. The van der Waals surface area contributed by atoms with Crippen molar-refractivity contribution in [1.29, 1.82) is 0 Å². The summed E-state index contributed by atoms with van der Waals surface area (Å²) >= 11 is 1.69. The first-order valence-electron chi connectivity index (χ1n) is 5.33. The second-order valence-corrected chi connectivity index (χ2v) is 4.93. The Morgan fingerprint density at radius 1 is 1.35 bits per heavy atom. The molecule has 2 heterocycles. The summed E-state index contributed by atoms with van der Waals surface area (Å²) < 4.78 is 5.19. The van der Waals surface area contributed by atoms with Crippen LogP contribution in [0, 0.1) is 6.92 Å². The molecule has 1 unspecified atom stereocenters. The number of rotatable bonds is 4. The maximum Gasteiger partial charge on any atom is 0.137 e. The van der Waals surface area contributed by atoms with E-state index in [4.69, 9.17) is 4.74 Å². The normalized spacial score (nSPS) is 12.4. The van der Waals surface area contributed by atoms with Gasteiger partial charge in [-0.15, -0.1) is 11.3 Å². The lowest BCUT2D eigenvalue weighted by Crippen LogP contribution is -2.16. The third-order valence-corrected chi connectivity index (χ3v) is 3.49. The van der Waals surface area contributed by atoms with Gasteiger partial charge in [0.1, 0.15) is 5.75 Å². The second-order valence-electron chi connectivity index (χ2n) is 3.66. The lowest BCUT2D eigenvalue weighted by Gasteiger charge is -2.14. The Morgan fingerprint density at radius 3 is 2.76 bits per heavy atom. The quantitative estimate of drug-likeness (QED) is 0.902. The molecule has 0 aliphatic carbocycles. The summed E-state index contributed by atoms with van der Waals surface area (Å²) in [6, 6.07) is 2.10. The number of ether oxygens (including phenoxy) is 1. The molecular weight excluding hydrogens is 234 g/mol. The largest absolute Gasteiger partial charge is 0.495 e. The van der Waals surface area contributed by atoms with Crippen molar-refractivity contribution in [2.24, 2.45) is 0 Å². The average molecular weight is 249 g/mol. The predicted octanol–water partition coefficient (Wildman–Crippen LogP) is 2.16. The van der Waals surface area contributed by atoms with Gasteiger partial charge in [0.25, 0.3) is 0 Å². The van der Waals surface area contributed by atoms with Crippen molar-refractivity contribution in [2.45, 2.75) is 13.0 Å². The van der Waals surface area contributed by atoms with Gasteiger partial charge >= 0.3 is 0 Å². The molecule has 1 N–H and O–H groups in total. The molecule has 2 rings (SSSR count). The molecule has 0 fully saturated rings. The Morgan fingerprint density at radius 2 is 2.18 bits per heavy atom. The van der Waals surface area contributed by atoms with Crippen LogP contribution < -0.4 is 10.1 Å². The first-order chi connectivity index (χ1) is 8.24. The highest BCUT2D eigenvalue weighted by molar-refractivity contribution is 7.11. The van der Waals surface area contributed by atoms with Crippen LogP contribution in [0.15, 0.2) is 24.7 Å². The molecule has 0 spiro atoms. The molecule has 5 heteroatoms. The molecule has 1 atom stereocenters. The molecule has 0 aromatic carbocycles. The maximum atomic E-state index is 5.19. The molecule has 2 aromatic heterocycles. The lowest BCUT2D eigenvalue weighted by atomic mass is 10.1. The van der Waals surface area contributed by atoms with Crippen molar-refractivity contribution in [2.75, 3.05) is 14.2 Å². The van der Waals surface area contributed by atoms with Gasteiger partial charge in [-0.2, -0.15) is 0 Å². The lowest BCUT2D eigenvalue weighted by molar-refractivity contribution is 0.411. The summed E-state index contributed by atoms with van der Waals surface area (Å²) in [6.07, 6.45) is 5.45. The van der Waals surface area contributed by atoms with Gasteiger partial charge in [-0.25, -0.2) is 4.98 Å². The minimum absolute atomic E-state index is 0.115. The van der Waals surface area contributed by atoms with Crippen LogP contribution in [0.2, 0.25) is 0 Å².